The van der Waals surface area contributed by atoms with Gasteiger partial charge in [-0.1, -0.05) is 19.3 Å². The first-order valence-corrected chi connectivity index (χ1v) is 11.0. The first-order chi connectivity index (χ1) is 12.9. The molecule has 1 amide bonds. The summed E-state index contributed by atoms with van der Waals surface area (Å²) in [5, 5.41) is 12.1. The highest BCUT2D eigenvalue weighted by atomic mass is 32.2. The van der Waals surface area contributed by atoms with Crippen LogP contribution in [0.15, 0.2) is 29.2 Å². The van der Waals surface area contributed by atoms with Gasteiger partial charge in [0, 0.05) is 25.0 Å². The first-order valence-electron chi connectivity index (χ1n) is 9.52. The third-order valence-corrected chi connectivity index (χ3v) is 7.43. The van der Waals surface area contributed by atoms with Crippen LogP contribution >= 0.6 is 0 Å². The summed E-state index contributed by atoms with van der Waals surface area (Å²) < 4.78 is 26.9. The summed E-state index contributed by atoms with van der Waals surface area (Å²) in [6.07, 6.45) is 6.62. The van der Waals surface area contributed by atoms with E-state index in [1.807, 2.05) is 0 Å². The molecule has 1 aliphatic heterocycles. The van der Waals surface area contributed by atoms with Crippen LogP contribution in [0.5, 0.6) is 0 Å². The predicted molar refractivity (Wildman–Crippen MR) is 99.9 cm³/mol. The fourth-order valence-electron chi connectivity index (χ4n) is 3.84. The van der Waals surface area contributed by atoms with Gasteiger partial charge in [0.15, 0.2) is 0 Å². The third-order valence-electron chi connectivity index (χ3n) is 5.52. The Hall–Kier alpha value is -1.93. The van der Waals surface area contributed by atoms with Gasteiger partial charge in [0.2, 0.25) is 15.9 Å². The fourth-order valence-corrected chi connectivity index (χ4v) is 5.31. The van der Waals surface area contributed by atoms with Crippen molar-refractivity contribution in [1.29, 1.82) is 0 Å². The van der Waals surface area contributed by atoms with Crippen molar-refractivity contribution in [2.24, 2.45) is 5.92 Å². The largest absolute Gasteiger partial charge is 0.478 e. The van der Waals surface area contributed by atoms with E-state index in [0.717, 1.165) is 25.7 Å². The number of carbonyl (C=O) groups excluding carboxylic acids is 1. The van der Waals surface area contributed by atoms with Crippen LogP contribution in [0, 0.1) is 5.92 Å². The Morgan fingerprint density at radius 1 is 0.963 bits per heavy atom. The maximum absolute atomic E-state index is 12.7. The van der Waals surface area contributed by atoms with Crippen LogP contribution in [-0.4, -0.2) is 48.8 Å². The van der Waals surface area contributed by atoms with Crippen LogP contribution < -0.4 is 5.32 Å². The minimum absolute atomic E-state index is 0.0461. The van der Waals surface area contributed by atoms with Crippen LogP contribution in [0.3, 0.4) is 0 Å². The number of aromatic carboxylic acids is 1. The number of carboxylic acid groups (broad SMARTS) is 1. The molecule has 1 saturated heterocycles. The van der Waals surface area contributed by atoms with E-state index < -0.39 is 16.0 Å². The Kier molecular flexibility index (Phi) is 6.16. The molecule has 1 aliphatic carbocycles. The lowest BCUT2D eigenvalue weighted by molar-refractivity contribution is -0.127. The van der Waals surface area contributed by atoms with Crippen molar-refractivity contribution in [2.45, 2.75) is 55.9 Å². The second-order valence-corrected chi connectivity index (χ2v) is 9.29. The third kappa shape index (κ3) is 4.68. The van der Waals surface area contributed by atoms with E-state index >= 15 is 0 Å². The second-order valence-electron chi connectivity index (χ2n) is 7.35. The second kappa shape index (κ2) is 8.39. The van der Waals surface area contributed by atoms with Crippen LogP contribution in [0.4, 0.5) is 0 Å². The highest BCUT2D eigenvalue weighted by molar-refractivity contribution is 7.89. The zero-order valence-electron chi connectivity index (χ0n) is 15.3. The molecule has 0 unspecified atom stereocenters. The van der Waals surface area contributed by atoms with Gasteiger partial charge in [0.05, 0.1) is 10.5 Å². The van der Waals surface area contributed by atoms with E-state index in [-0.39, 0.29) is 28.3 Å². The standard InChI is InChI=1S/C19H26N2O5S/c22-18(20-16-4-2-1-3-5-16)14-10-12-21(13-11-14)27(25,26)17-8-6-15(7-9-17)19(23)24/h6-9,14,16H,1-5,10-13H2,(H,20,22)(H,23,24). The normalized spacial score (nSPS) is 20.3. The summed E-state index contributed by atoms with van der Waals surface area (Å²) in [5.74, 6) is -1.19. The number of nitrogens with one attached hydrogen (secondary N) is 1. The van der Waals surface area contributed by atoms with E-state index in [1.165, 1.54) is 35.0 Å². The van der Waals surface area contributed by atoms with E-state index in [4.69, 9.17) is 5.11 Å². The fraction of sp³-hybridized carbons (Fsp3) is 0.579. The molecule has 3 rings (SSSR count). The van der Waals surface area contributed by atoms with Gasteiger partial charge in [-0.15, -0.1) is 0 Å². The number of carboxylic acids is 1. The minimum Gasteiger partial charge on any atom is -0.478 e. The quantitative estimate of drug-likeness (QED) is 0.797. The van der Waals surface area contributed by atoms with Gasteiger partial charge in [-0.2, -0.15) is 4.31 Å². The van der Waals surface area contributed by atoms with Crippen molar-refractivity contribution in [3.05, 3.63) is 29.8 Å². The average Bonchev–Trinajstić information content (AvgIpc) is 2.69. The Labute approximate surface area is 159 Å². The molecule has 27 heavy (non-hydrogen) atoms. The summed E-state index contributed by atoms with van der Waals surface area (Å²) in [6.45, 7) is 0.595. The van der Waals surface area contributed by atoms with Gasteiger partial charge < -0.3 is 10.4 Å². The number of nitrogens with zero attached hydrogens (tertiary/aromatic N) is 1. The molecule has 2 N–H and O–H groups in total. The highest BCUT2D eigenvalue weighted by Crippen LogP contribution is 2.25. The maximum Gasteiger partial charge on any atom is 0.335 e. The molecule has 148 valence electrons. The average molecular weight is 394 g/mol. The number of benzene rings is 1. The van der Waals surface area contributed by atoms with Gasteiger partial charge in [-0.05, 0) is 49.9 Å². The first kappa shape index (κ1) is 19.8. The van der Waals surface area contributed by atoms with Gasteiger partial charge in [-0.25, -0.2) is 13.2 Å². The monoisotopic (exact) mass is 394 g/mol. The molecule has 0 radical (unpaired) electrons. The highest BCUT2D eigenvalue weighted by Gasteiger charge is 2.32. The lowest BCUT2D eigenvalue weighted by Crippen LogP contribution is -2.45. The van der Waals surface area contributed by atoms with Crippen LogP contribution in [0.2, 0.25) is 0 Å². The molecule has 2 aliphatic rings. The number of rotatable bonds is 5. The SMILES string of the molecule is O=C(O)c1ccc(S(=O)(=O)N2CCC(C(=O)NC3CCCCC3)CC2)cc1. The molecule has 8 heteroatoms. The molecule has 2 fully saturated rings. The Morgan fingerprint density at radius 3 is 2.11 bits per heavy atom. The number of sulfonamides is 1. The molecule has 1 aromatic rings. The summed E-state index contributed by atoms with van der Waals surface area (Å²) >= 11 is 0. The number of amides is 1. The van der Waals surface area contributed by atoms with E-state index in [1.54, 1.807) is 0 Å². The molecule has 0 bridgehead atoms. The van der Waals surface area contributed by atoms with Crippen molar-refractivity contribution >= 4 is 21.9 Å². The van der Waals surface area contributed by atoms with Crippen LogP contribution in [0.1, 0.15) is 55.3 Å². The molecular weight excluding hydrogens is 368 g/mol. The van der Waals surface area contributed by atoms with Crippen molar-refractivity contribution in [2.75, 3.05) is 13.1 Å². The van der Waals surface area contributed by atoms with Gasteiger partial charge in [0.25, 0.3) is 0 Å². The summed E-state index contributed by atoms with van der Waals surface area (Å²) in [5.41, 5.74) is 0.0482. The van der Waals surface area contributed by atoms with Gasteiger partial charge in [0.1, 0.15) is 0 Å². The Bertz CT molecular complexity index is 777. The number of piperidine rings is 1. The molecule has 1 aromatic carbocycles. The molecule has 0 spiro atoms. The zero-order chi connectivity index (χ0) is 19.4. The molecule has 0 aromatic heterocycles. The van der Waals surface area contributed by atoms with Gasteiger partial charge >= 0.3 is 5.97 Å². The number of hydrogen-bond acceptors (Lipinski definition) is 4. The van der Waals surface area contributed by atoms with E-state index in [9.17, 15) is 18.0 Å². The molecule has 7 nitrogen and oxygen atoms in total. The number of carbonyl (C=O) groups is 2. The molecule has 0 atom stereocenters. The van der Waals surface area contributed by atoms with Crippen molar-refractivity contribution in [1.82, 2.24) is 9.62 Å². The predicted octanol–water partition coefficient (Wildman–Crippen LogP) is 2.23. The van der Waals surface area contributed by atoms with Crippen LogP contribution in [0.25, 0.3) is 0 Å². The Morgan fingerprint density at radius 2 is 1.56 bits per heavy atom. The Balaban J connectivity index is 1.57. The zero-order valence-corrected chi connectivity index (χ0v) is 16.1. The molecule has 1 heterocycles. The smallest absolute Gasteiger partial charge is 0.335 e. The lowest BCUT2D eigenvalue weighted by Gasteiger charge is -2.32. The maximum atomic E-state index is 12.7. The summed E-state index contributed by atoms with van der Waals surface area (Å²) in [6, 6.07) is 5.49. The minimum atomic E-state index is -3.67. The number of hydrogen-bond donors (Lipinski definition) is 2. The summed E-state index contributed by atoms with van der Waals surface area (Å²) in [7, 11) is -3.67. The van der Waals surface area contributed by atoms with Gasteiger partial charge in [-0.3, -0.25) is 4.79 Å². The summed E-state index contributed by atoms with van der Waals surface area (Å²) in [4.78, 5) is 23.4. The molecule has 1 saturated carbocycles. The van der Waals surface area contributed by atoms with Crippen molar-refractivity contribution in [3.8, 4) is 0 Å². The van der Waals surface area contributed by atoms with Crippen molar-refractivity contribution in [3.63, 3.8) is 0 Å². The lowest BCUT2D eigenvalue weighted by atomic mass is 9.93. The topological polar surface area (TPSA) is 104 Å². The molecular formula is C19H26N2O5S. The van der Waals surface area contributed by atoms with Crippen LogP contribution in [-0.2, 0) is 14.8 Å². The van der Waals surface area contributed by atoms with E-state index in [0.29, 0.717) is 25.9 Å². The van der Waals surface area contributed by atoms with E-state index in [2.05, 4.69) is 5.32 Å². The van der Waals surface area contributed by atoms with Crippen molar-refractivity contribution < 1.29 is 23.1 Å².